The molecule has 2 aromatic heterocycles. The van der Waals surface area contributed by atoms with Gasteiger partial charge in [-0.3, -0.25) is 19.6 Å². The molecule has 8 nitrogen and oxygen atoms in total. The topological polar surface area (TPSA) is 93.7 Å². The van der Waals surface area contributed by atoms with Crippen LogP contribution in [0.25, 0.3) is 21.8 Å². The molecule has 2 aromatic carbocycles. The number of aromatic nitrogens is 2. The number of ether oxygens (including phenoxy) is 2. The van der Waals surface area contributed by atoms with Crippen molar-refractivity contribution in [1.82, 2.24) is 20.2 Å². The largest absolute Gasteiger partial charge is 0.365 e. The number of rotatable bonds is 10. The molecular formula is C32H34N4O4S2. The second kappa shape index (κ2) is 12.2. The summed E-state index contributed by atoms with van der Waals surface area (Å²) in [5, 5.41) is 5.10. The normalized spacial score (nSPS) is 22.0. The molecular weight excluding hydrogens is 569 g/mol. The van der Waals surface area contributed by atoms with E-state index in [2.05, 4.69) is 35.6 Å². The molecule has 0 spiro atoms. The molecule has 2 amide bonds. The summed E-state index contributed by atoms with van der Waals surface area (Å²) in [6, 6.07) is 16.2. The highest BCUT2D eigenvalue weighted by molar-refractivity contribution is 8.76. The maximum atomic E-state index is 12.8. The van der Waals surface area contributed by atoms with E-state index in [1.54, 1.807) is 38.9 Å². The molecule has 2 saturated heterocycles. The van der Waals surface area contributed by atoms with Gasteiger partial charge in [-0.1, -0.05) is 45.9 Å². The molecule has 42 heavy (non-hydrogen) atoms. The second-order valence-electron chi connectivity index (χ2n) is 11.1. The minimum absolute atomic E-state index is 0.0741. The zero-order valence-corrected chi connectivity index (χ0v) is 25.4. The first-order chi connectivity index (χ1) is 20.4. The van der Waals surface area contributed by atoms with Gasteiger partial charge >= 0.3 is 0 Å². The van der Waals surface area contributed by atoms with Crippen molar-refractivity contribution in [2.24, 2.45) is 0 Å². The number of carbonyl (C=O) groups is 2. The predicted octanol–water partition coefficient (Wildman–Crippen LogP) is 6.25. The van der Waals surface area contributed by atoms with Crippen molar-refractivity contribution in [3.05, 3.63) is 72.1 Å². The summed E-state index contributed by atoms with van der Waals surface area (Å²) in [6.07, 6.45) is 7.91. The molecule has 2 aliphatic rings. The maximum absolute atomic E-state index is 12.8. The lowest BCUT2D eigenvalue weighted by molar-refractivity contribution is -0.148. The first kappa shape index (κ1) is 28.9. The standard InChI is InChI=1S/C32H34N4O4S2/c1-31(13-5-17-39-31)30(38)35-19-22-9-11-26(28-24(22)7-3-15-33-28)41-42-27-12-10-23(25-8-4-16-34-29(25)27)20-36(21-37)32(2)14-6-18-40-32/h3-4,7-12,15-16,21H,5-6,13-14,17-20H2,1-2H3,(H,35,38). The predicted molar refractivity (Wildman–Crippen MR) is 166 cm³/mol. The van der Waals surface area contributed by atoms with Crippen molar-refractivity contribution >= 4 is 55.7 Å². The molecule has 4 heterocycles. The Morgan fingerprint density at radius 1 is 0.905 bits per heavy atom. The van der Waals surface area contributed by atoms with Crippen LogP contribution in [-0.2, 0) is 32.2 Å². The van der Waals surface area contributed by atoms with Crippen LogP contribution in [0.3, 0.4) is 0 Å². The Morgan fingerprint density at radius 2 is 1.52 bits per heavy atom. The fraction of sp³-hybridized carbons (Fsp3) is 0.375. The van der Waals surface area contributed by atoms with E-state index in [1.807, 2.05) is 32.0 Å². The highest BCUT2D eigenvalue weighted by Crippen LogP contribution is 2.43. The number of hydrogen-bond acceptors (Lipinski definition) is 8. The number of pyridine rings is 2. The Bertz CT molecular complexity index is 1620. The van der Waals surface area contributed by atoms with Gasteiger partial charge in [-0.25, -0.2) is 0 Å². The molecule has 4 aromatic rings. The monoisotopic (exact) mass is 602 g/mol. The third kappa shape index (κ3) is 5.73. The molecule has 6 rings (SSSR count). The van der Waals surface area contributed by atoms with Gasteiger partial charge in [-0.2, -0.15) is 0 Å². The van der Waals surface area contributed by atoms with Crippen LogP contribution in [0.2, 0.25) is 0 Å². The van der Waals surface area contributed by atoms with Gasteiger partial charge in [-0.15, -0.1) is 0 Å². The highest BCUT2D eigenvalue weighted by Gasteiger charge is 2.38. The molecule has 10 heteroatoms. The highest BCUT2D eigenvalue weighted by atomic mass is 33.1. The number of amides is 2. The maximum Gasteiger partial charge on any atom is 0.252 e. The molecule has 2 fully saturated rings. The summed E-state index contributed by atoms with van der Waals surface area (Å²) in [4.78, 5) is 38.1. The first-order valence-electron chi connectivity index (χ1n) is 14.3. The van der Waals surface area contributed by atoms with Gasteiger partial charge < -0.3 is 19.7 Å². The van der Waals surface area contributed by atoms with Gasteiger partial charge in [0.15, 0.2) is 0 Å². The molecule has 218 valence electrons. The lowest BCUT2D eigenvalue weighted by atomic mass is 10.0. The molecule has 0 radical (unpaired) electrons. The zero-order chi connectivity index (χ0) is 29.2. The van der Waals surface area contributed by atoms with E-state index in [0.717, 1.165) is 74.8 Å². The SMILES string of the molecule is CC1(C(=O)NCc2ccc(SSc3ccc(CN(C=O)C4(C)CCCO4)c4cccnc34)c3ncccc23)CCCO1. The average molecular weight is 603 g/mol. The Kier molecular flexibility index (Phi) is 8.40. The quantitative estimate of drug-likeness (QED) is 0.168. The number of fused-ring (bicyclic) bond motifs is 2. The fourth-order valence-electron chi connectivity index (χ4n) is 5.74. The van der Waals surface area contributed by atoms with Crippen LogP contribution in [-0.4, -0.2) is 51.7 Å². The Balaban J connectivity index is 1.21. The summed E-state index contributed by atoms with van der Waals surface area (Å²) in [5.74, 6) is -0.0741. The van der Waals surface area contributed by atoms with Crippen molar-refractivity contribution in [2.75, 3.05) is 13.2 Å². The first-order valence-corrected chi connectivity index (χ1v) is 16.4. The molecule has 0 saturated carbocycles. The summed E-state index contributed by atoms with van der Waals surface area (Å²) in [5.41, 5.74) is 2.51. The van der Waals surface area contributed by atoms with Crippen LogP contribution in [0.15, 0.2) is 70.7 Å². The molecule has 2 unspecified atom stereocenters. The van der Waals surface area contributed by atoms with Gasteiger partial charge in [0, 0.05) is 59.3 Å². The van der Waals surface area contributed by atoms with E-state index in [-0.39, 0.29) is 5.91 Å². The Morgan fingerprint density at radius 3 is 2.12 bits per heavy atom. The van der Waals surface area contributed by atoms with Crippen LogP contribution >= 0.6 is 21.6 Å². The van der Waals surface area contributed by atoms with Gasteiger partial charge in [-0.05, 0) is 74.9 Å². The molecule has 2 aliphatic heterocycles. The average Bonchev–Trinajstić information content (AvgIpc) is 3.67. The van der Waals surface area contributed by atoms with E-state index in [9.17, 15) is 9.59 Å². The van der Waals surface area contributed by atoms with Crippen LogP contribution in [0.5, 0.6) is 0 Å². The molecule has 0 bridgehead atoms. The summed E-state index contributed by atoms with van der Waals surface area (Å²) < 4.78 is 11.6. The van der Waals surface area contributed by atoms with E-state index in [4.69, 9.17) is 19.4 Å². The van der Waals surface area contributed by atoms with Crippen LogP contribution in [0, 0.1) is 0 Å². The smallest absolute Gasteiger partial charge is 0.252 e. The summed E-state index contributed by atoms with van der Waals surface area (Å²) in [6.45, 7) is 6.01. The van der Waals surface area contributed by atoms with Crippen LogP contribution in [0.4, 0.5) is 0 Å². The minimum Gasteiger partial charge on any atom is -0.365 e. The number of nitrogens with one attached hydrogen (secondary N) is 1. The van der Waals surface area contributed by atoms with Gasteiger partial charge in [0.25, 0.3) is 5.91 Å². The van der Waals surface area contributed by atoms with Crippen molar-refractivity contribution in [1.29, 1.82) is 0 Å². The molecule has 0 aliphatic carbocycles. The van der Waals surface area contributed by atoms with Gasteiger partial charge in [0.1, 0.15) is 11.3 Å². The van der Waals surface area contributed by atoms with Gasteiger partial charge in [0.2, 0.25) is 6.41 Å². The molecule has 1 N–H and O–H groups in total. The Labute approximate surface area is 253 Å². The van der Waals surface area contributed by atoms with E-state index >= 15 is 0 Å². The fourth-order valence-corrected chi connectivity index (χ4v) is 7.99. The van der Waals surface area contributed by atoms with Crippen molar-refractivity contribution in [3.63, 3.8) is 0 Å². The van der Waals surface area contributed by atoms with Crippen LogP contribution in [0.1, 0.15) is 50.7 Å². The van der Waals surface area contributed by atoms with Crippen molar-refractivity contribution in [3.8, 4) is 0 Å². The van der Waals surface area contributed by atoms with E-state index in [0.29, 0.717) is 26.3 Å². The second-order valence-corrected chi connectivity index (χ2v) is 13.4. The third-order valence-corrected chi connectivity index (χ3v) is 10.7. The van der Waals surface area contributed by atoms with Crippen molar-refractivity contribution < 1.29 is 19.1 Å². The number of benzene rings is 2. The summed E-state index contributed by atoms with van der Waals surface area (Å²) >= 11 is 0. The van der Waals surface area contributed by atoms with E-state index < -0.39 is 11.3 Å². The number of nitrogens with zero attached hydrogens (tertiary/aromatic N) is 3. The third-order valence-electron chi connectivity index (χ3n) is 8.28. The van der Waals surface area contributed by atoms with Crippen LogP contribution < -0.4 is 5.32 Å². The van der Waals surface area contributed by atoms with E-state index in [1.165, 1.54) is 0 Å². The zero-order valence-electron chi connectivity index (χ0n) is 23.8. The number of hydrogen-bond donors (Lipinski definition) is 1. The molecule has 2 atom stereocenters. The Hall–Kier alpha value is -3.18. The minimum atomic E-state index is -0.749. The lowest BCUT2D eigenvalue weighted by Crippen LogP contribution is -2.44. The number of carbonyl (C=O) groups excluding carboxylic acids is 2. The summed E-state index contributed by atoms with van der Waals surface area (Å²) in [7, 11) is 3.27. The van der Waals surface area contributed by atoms with Gasteiger partial charge in [0.05, 0.1) is 11.0 Å². The van der Waals surface area contributed by atoms with Crippen molar-refractivity contribution in [2.45, 2.75) is 73.7 Å². The lowest BCUT2D eigenvalue weighted by Gasteiger charge is -2.34.